The van der Waals surface area contributed by atoms with Gasteiger partial charge in [0.25, 0.3) is 5.91 Å². The minimum absolute atomic E-state index is 0.0526. The van der Waals surface area contributed by atoms with E-state index in [-0.39, 0.29) is 25.7 Å². The maximum Gasteiger partial charge on any atom is 0.451 e. The van der Waals surface area contributed by atoms with Crippen molar-refractivity contribution in [3.8, 4) is 0 Å². The van der Waals surface area contributed by atoms with E-state index in [4.69, 9.17) is 26.6 Å². The molecule has 1 saturated heterocycles. The van der Waals surface area contributed by atoms with Gasteiger partial charge in [-0.05, 0) is 26.6 Å². The predicted octanol–water partition coefficient (Wildman–Crippen LogP) is -3.15. The van der Waals surface area contributed by atoms with E-state index >= 15 is 0 Å². The van der Waals surface area contributed by atoms with E-state index in [1.54, 1.807) is 0 Å². The minimum Gasteiger partial charge on any atom is -0.480 e. The summed E-state index contributed by atoms with van der Waals surface area (Å²) >= 11 is 0. The molecule has 0 saturated carbocycles. The van der Waals surface area contributed by atoms with Crippen LogP contribution in [0.3, 0.4) is 0 Å². The summed E-state index contributed by atoms with van der Waals surface area (Å²) in [6.45, 7) is 1.70. The van der Waals surface area contributed by atoms with Crippen molar-refractivity contribution in [3.63, 3.8) is 0 Å². The van der Waals surface area contributed by atoms with Gasteiger partial charge in [-0.3, -0.25) is 9.59 Å². The van der Waals surface area contributed by atoms with Crippen molar-refractivity contribution >= 4 is 35.2 Å². The first-order valence-corrected chi connectivity index (χ1v) is 10.3. The van der Waals surface area contributed by atoms with Gasteiger partial charge in [0.15, 0.2) is 6.04 Å². The number of carboxylic acid groups (broad SMARTS) is 2. The Morgan fingerprint density at radius 2 is 1.83 bits per heavy atom. The molecule has 0 aromatic heterocycles. The number of amides is 1. The molecule has 1 rings (SSSR count). The predicted molar refractivity (Wildman–Crippen MR) is 100 cm³/mol. The topological polar surface area (TPSA) is 225 Å². The van der Waals surface area contributed by atoms with Gasteiger partial charge >= 0.3 is 29.3 Å². The summed E-state index contributed by atoms with van der Waals surface area (Å²) < 4.78 is 27.1. The molecule has 0 aliphatic carbocycles. The van der Waals surface area contributed by atoms with Crippen LogP contribution in [0.1, 0.15) is 26.7 Å². The summed E-state index contributed by atoms with van der Waals surface area (Å²) in [5.41, 5.74) is 9.27. The SMILES string of the molecule is CC(C)N(C(=O)C(N)C(=O)O)S(=O)(=O)N1C[C@H](CCCB(O)O)[C@](N)(C(=O)O)C1. The second-order valence-corrected chi connectivity index (χ2v) is 9.10. The van der Waals surface area contributed by atoms with Gasteiger partial charge in [0, 0.05) is 25.0 Å². The average molecular weight is 438 g/mol. The Morgan fingerprint density at radius 3 is 2.24 bits per heavy atom. The summed E-state index contributed by atoms with van der Waals surface area (Å²) in [7, 11) is -6.22. The number of rotatable bonds is 10. The Kier molecular flexibility index (Phi) is 8.15. The number of hydrogen-bond donors (Lipinski definition) is 6. The van der Waals surface area contributed by atoms with Crippen LogP contribution in [0.25, 0.3) is 0 Å². The van der Waals surface area contributed by atoms with E-state index in [1.807, 2.05) is 0 Å². The van der Waals surface area contributed by atoms with E-state index in [0.29, 0.717) is 8.61 Å². The molecule has 1 fully saturated rings. The van der Waals surface area contributed by atoms with Gasteiger partial charge in [0.1, 0.15) is 5.54 Å². The number of carbonyl (C=O) groups excluding carboxylic acids is 1. The molecule has 3 atom stereocenters. The first-order chi connectivity index (χ1) is 13.2. The first kappa shape index (κ1) is 25.3. The quantitative estimate of drug-likeness (QED) is 0.147. The van der Waals surface area contributed by atoms with Gasteiger partial charge in [0.05, 0.1) is 0 Å². The molecule has 0 aromatic rings. The number of aliphatic carboxylic acids is 2. The van der Waals surface area contributed by atoms with Crippen molar-refractivity contribution in [2.45, 2.75) is 50.6 Å². The fourth-order valence-electron chi connectivity index (χ4n) is 3.21. The highest BCUT2D eigenvalue weighted by Gasteiger charge is 2.54. The van der Waals surface area contributed by atoms with Crippen molar-refractivity contribution in [1.29, 1.82) is 0 Å². The Bertz CT molecular complexity index is 747. The number of carboxylic acids is 2. The molecular formula is C14H27BN4O9S. The third-order valence-corrected chi connectivity index (χ3v) is 6.83. The van der Waals surface area contributed by atoms with Crippen LogP contribution < -0.4 is 11.5 Å². The van der Waals surface area contributed by atoms with Crippen molar-refractivity contribution in [3.05, 3.63) is 0 Å². The summed E-state index contributed by atoms with van der Waals surface area (Å²) in [4.78, 5) is 35.1. The molecule has 166 valence electrons. The molecule has 8 N–H and O–H groups in total. The molecule has 15 heteroatoms. The lowest BCUT2D eigenvalue weighted by Crippen LogP contribution is -2.58. The van der Waals surface area contributed by atoms with Gasteiger partial charge in [-0.15, -0.1) is 0 Å². The molecule has 1 aliphatic rings. The van der Waals surface area contributed by atoms with E-state index in [1.165, 1.54) is 13.8 Å². The van der Waals surface area contributed by atoms with Crippen LogP contribution in [0, 0.1) is 5.92 Å². The highest BCUT2D eigenvalue weighted by atomic mass is 32.2. The highest BCUT2D eigenvalue weighted by molar-refractivity contribution is 7.87. The second-order valence-electron chi connectivity index (χ2n) is 7.30. The fourth-order valence-corrected chi connectivity index (χ4v) is 5.08. The molecule has 0 radical (unpaired) electrons. The van der Waals surface area contributed by atoms with E-state index in [0.717, 1.165) is 0 Å². The van der Waals surface area contributed by atoms with Gasteiger partial charge < -0.3 is 31.7 Å². The molecule has 1 unspecified atom stereocenters. The van der Waals surface area contributed by atoms with Gasteiger partial charge in [-0.25, -0.2) is 9.10 Å². The van der Waals surface area contributed by atoms with E-state index < -0.39 is 65.3 Å². The lowest BCUT2D eigenvalue weighted by Gasteiger charge is -2.31. The van der Waals surface area contributed by atoms with Crippen molar-refractivity contribution < 1.29 is 43.1 Å². The van der Waals surface area contributed by atoms with Gasteiger partial charge in [0.2, 0.25) is 0 Å². The number of hydrogen-bond acceptors (Lipinski definition) is 9. The number of nitrogens with zero attached hydrogens (tertiary/aromatic N) is 2. The highest BCUT2D eigenvalue weighted by Crippen LogP contribution is 2.33. The van der Waals surface area contributed by atoms with Crippen molar-refractivity contribution in [2.24, 2.45) is 17.4 Å². The molecule has 0 aromatic carbocycles. The summed E-state index contributed by atoms with van der Waals surface area (Å²) in [5, 5.41) is 36.3. The van der Waals surface area contributed by atoms with Crippen LogP contribution in [-0.4, -0.2) is 93.0 Å². The maximum atomic E-state index is 13.0. The average Bonchev–Trinajstić information content (AvgIpc) is 2.92. The summed E-state index contributed by atoms with van der Waals surface area (Å²) in [5.74, 6) is -5.39. The molecule has 0 spiro atoms. The van der Waals surface area contributed by atoms with Crippen LogP contribution in [-0.2, 0) is 24.6 Å². The van der Waals surface area contributed by atoms with Crippen LogP contribution in [0.5, 0.6) is 0 Å². The van der Waals surface area contributed by atoms with Crippen LogP contribution in [0.2, 0.25) is 6.32 Å². The lowest BCUT2D eigenvalue weighted by atomic mass is 9.78. The van der Waals surface area contributed by atoms with Crippen molar-refractivity contribution in [2.75, 3.05) is 13.1 Å². The Labute approximate surface area is 168 Å². The van der Waals surface area contributed by atoms with Crippen LogP contribution in [0.4, 0.5) is 0 Å². The zero-order valence-corrected chi connectivity index (χ0v) is 16.9. The minimum atomic E-state index is -4.62. The van der Waals surface area contributed by atoms with E-state index in [9.17, 15) is 27.9 Å². The Morgan fingerprint density at radius 1 is 1.28 bits per heavy atom. The molecular weight excluding hydrogens is 411 g/mol. The molecule has 29 heavy (non-hydrogen) atoms. The third-order valence-electron chi connectivity index (χ3n) is 4.80. The molecule has 0 bridgehead atoms. The van der Waals surface area contributed by atoms with Crippen LogP contribution >= 0.6 is 0 Å². The van der Waals surface area contributed by atoms with Crippen molar-refractivity contribution in [1.82, 2.24) is 8.61 Å². The number of carbonyl (C=O) groups is 3. The maximum absolute atomic E-state index is 13.0. The van der Waals surface area contributed by atoms with Gasteiger partial charge in [-0.2, -0.15) is 12.7 Å². The van der Waals surface area contributed by atoms with Crippen LogP contribution in [0.15, 0.2) is 0 Å². The zero-order valence-electron chi connectivity index (χ0n) is 16.1. The largest absolute Gasteiger partial charge is 0.480 e. The number of nitrogens with two attached hydrogens (primary N) is 2. The first-order valence-electron chi connectivity index (χ1n) is 8.86. The molecule has 1 heterocycles. The Hall–Kier alpha value is -1.78. The van der Waals surface area contributed by atoms with Gasteiger partial charge in [-0.1, -0.05) is 6.42 Å². The second kappa shape index (κ2) is 9.36. The summed E-state index contributed by atoms with van der Waals surface area (Å²) in [6, 6.07) is -3.10. The third kappa shape index (κ3) is 5.43. The lowest BCUT2D eigenvalue weighted by molar-refractivity contribution is -0.145. The zero-order chi connectivity index (χ0) is 22.7. The monoisotopic (exact) mass is 438 g/mol. The molecule has 13 nitrogen and oxygen atoms in total. The summed E-state index contributed by atoms with van der Waals surface area (Å²) in [6.07, 6.45) is 0.221. The standard InChI is InChI=1S/C14H27BN4O9S/c1-8(2)19(11(20)10(16)12(21)22)29(27,28)18-6-9(4-3-5-15(25)26)14(17,7-18)13(23)24/h8-10,25-26H,3-7,16-17H2,1-2H3,(H,21,22)(H,23,24)/t9-,10?,14-/m0/s1. The fraction of sp³-hybridized carbons (Fsp3) is 0.786. The normalized spacial score (nSPS) is 23.8. The molecule has 1 aliphatic heterocycles. The van der Waals surface area contributed by atoms with E-state index in [2.05, 4.69) is 0 Å². The molecule has 1 amide bonds. The smallest absolute Gasteiger partial charge is 0.451 e. The Balaban J connectivity index is 3.20.